The summed E-state index contributed by atoms with van der Waals surface area (Å²) >= 11 is 0. The molecule has 42 heavy (non-hydrogen) atoms. The van der Waals surface area contributed by atoms with Gasteiger partial charge in [-0.2, -0.15) is 0 Å². The molecule has 3 N–H and O–H groups in total. The highest BCUT2D eigenvalue weighted by Crippen LogP contribution is 2.24. The van der Waals surface area contributed by atoms with Crippen molar-refractivity contribution in [1.82, 2.24) is 10.6 Å². The lowest BCUT2D eigenvalue weighted by Crippen LogP contribution is -2.42. The van der Waals surface area contributed by atoms with E-state index >= 15 is 0 Å². The lowest BCUT2D eigenvalue weighted by Gasteiger charge is -2.25. The number of benzene rings is 2. The van der Waals surface area contributed by atoms with E-state index in [1.165, 1.54) is 0 Å². The first kappa shape index (κ1) is 32.5. The topological polar surface area (TPSA) is 131 Å². The van der Waals surface area contributed by atoms with Crippen LogP contribution in [0.3, 0.4) is 0 Å². The molecule has 226 valence electrons. The van der Waals surface area contributed by atoms with Crippen LogP contribution in [0.15, 0.2) is 72.8 Å². The van der Waals surface area contributed by atoms with Crippen LogP contribution in [0.2, 0.25) is 0 Å². The van der Waals surface area contributed by atoms with Gasteiger partial charge >= 0.3 is 11.9 Å². The van der Waals surface area contributed by atoms with E-state index in [1.807, 2.05) is 48.5 Å². The van der Waals surface area contributed by atoms with Gasteiger partial charge in [-0.3, -0.25) is 19.2 Å². The quantitative estimate of drug-likeness (QED) is 0.305. The Hall–Kier alpha value is -3.98. The van der Waals surface area contributed by atoms with Gasteiger partial charge in [0.15, 0.2) is 0 Å². The molecule has 1 aliphatic heterocycles. The Morgan fingerprint density at radius 3 is 2.21 bits per heavy atom. The summed E-state index contributed by atoms with van der Waals surface area (Å²) in [5.74, 6) is -3.21. The molecule has 4 atom stereocenters. The lowest BCUT2D eigenvalue weighted by atomic mass is 9.96. The van der Waals surface area contributed by atoms with Crippen molar-refractivity contribution in [3.63, 3.8) is 0 Å². The summed E-state index contributed by atoms with van der Waals surface area (Å²) in [5.41, 5.74) is 0.977. The smallest absolute Gasteiger partial charge is 0.310 e. The predicted molar refractivity (Wildman–Crippen MR) is 158 cm³/mol. The van der Waals surface area contributed by atoms with Gasteiger partial charge in [0.25, 0.3) is 0 Å². The summed E-state index contributed by atoms with van der Waals surface area (Å²) < 4.78 is 11.3. The summed E-state index contributed by atoms with van der Waals surface area (Å²) in [6.07, 6.45) is 3.39. The van der Waals surface area contributed by atoms with Gasteiger partial charge in [0.05, 0.1) is 37.5 Å². The number of rotatable bonds is 9. The van der Waals surface area contributed by atoms with E-state index < -0.39 is 41.5 Å². The number of ether oxygens (including phenoxy) is 2. The van der Waals surface area contributed by atoms with E-state index in [0.29, 0.717) is 12.0 Å². The number of nitrogens with one attached hydrogen (secondary N) is 2. The Morgan fingerprint density at radius 2 is 1.60 bits per heavy atom. The van der Waals surface area contributed by atoms with Gasteiger partial charge in [0, 0.05) is 6.42 Å². The number of hydrogen-bond donors (Lipinski definition) is 3. The average molecular weight is 579 g/mol. The Balaban J connectivity index is 1.75. The van der Waals surface area contributed by atoms with Crippen molar-refractivity contribution in [1.29, 1.82) is 0 Å². The zero-order chi connectivity index (χ0) is 30.5. The summed E-state index contributed by atoms with van der Waals surface area (Å²) in [6.45, 7) is 5.06. The standard InChI is InChI=1S/C33H42N2O7/c1-33(2,3)42-30(38)20-26-17-11-10-16-25(19-29(37)35-27(22-36)18-23-12-6-4-7-13-23)31(39)34-21-28(41-32(26)40)24-14-8-5-9-15-24/h4-15,25-28,36H,16-22H2,1-3H3,(H,34,39)(H,35,37)/b11-10-/t25-,26-,27-,28+/m0/s1. The molecule has 0 spiro atoms. The van der Waals surface area contributed by atoms with Crippen molar-refractivity contribution in [2.75, 3.05) is 13.2 Å². The van der Waals surface area contributed by atoms with Gasteiger partial charge in [-0.15, -0.1) is 0 Å². The predicted octanol–water partition coefficient (Wildman–Crippen LogP) is 3.81. The molecule has 0 unspecified atom stereocenters. The first-order valence-corrected chi connectivity index (χ1v) is 14.4. The van der Waals surface area contributed by atoms with Gasteiger partial charge in [0.2, 0.25) is 11.8 Å². The minimum Gasteiger partial charge on any atom is -0.460 e. The van der Waals surface area contributed by atoms with Crippen LogP contribution < -0.4 is 10.6 Å². The minimum absolute atomic E-state index is 0.00283. The molecule has 0 saturated heterocycles. The third kappa shape index (κ3) is 11.1. The lowest BCUT2D eigenvalue weighted by molar-refractivity contribution is -0.164. The fourth-order valence-electron chi connectivity index (χ4n) is 4.69. The largest absolute Gasteiger partial charge is 0.460 e. The highest BCUT2D eigenvalue weighted by molar-refractivity contribution is 5.86. The summed E-state index contributed by atoms with van der Waals surface area (Å²) in [6, 6.07) is 18.1. The number of allylic oxidation sites excluding steroid dienone is 2. The molecule has 0 aliphatic carbocycles. The molecular weight excluding hydrogens is 536 g/mol. The molecule has 0 fully saturated rings. The number of aliphatic hydroxyl groups excluding tert-OH is 1. The van der Waals surface area contributed by atoms with Gasteiger partial charge in [-0.1, -0.05) is 72.8 Å². The summed E-state index contributed by atoms with van der Waals surface area (Å²) in [7, 11) is 0. The van der Waals surface area contributed by atoms with E-state index in [0.717, 1.165) is 5.56 Å². The molecule has 2 aromatic rings. The molecule has 1 aliphatic rings. The monoisotopic (exact) mass is 578 g/mol. The fraction of sp³-hybridized carbons (Fsp3) is 0.455. The van der Waals surface area contributed by atoms with Crippen molar-refractivity contribution in [3.8, 4) is 0 Å². The molecule has 1 heterocycles. The molecular formula is C33H42N2O7. The van der Waals surface area contributed by atoms with Crippen molar-refractivity contribution in [3.05, 3.63) is 83.9 Å². The zero-order valence-electron chi connectivity index (χ0n) is 24.6. The first-order chi connectivity index (χ1) is 20.0. The number of esters is 2. The second kappa shape index (κ2) is 15.9. The number of carbonyl (C=O) groups is 4. The highest BCUT2D eigenvalue weighted by atomic mass is 16.6. The van der Waals surface area contributed by atoms with E-state index in [1.54, 1.807) is 45.1 Å². The van der Waals surface area contributed by atoms with Gasteiger partial charge < -0.3 is 25.2 Å². The molecule has 0 saturated carbocycles. The van der Waals surface area contributed by atoms with Crippen LogP contribution >= 0.6 is 0 Å². The number of aliphatic hydroxyl groups is 1. The molecule has 2 amide bonds. The first-order valence-electron chi connectivity index (χ1n) is 14.4. The third-order valence-corrected chi connectivity index (χ3v) is 6.78. The second-order valence-electron chi connectivity index (χ2n) is 11.5. The van der Waals surface area contributed by atoms with Crippen LogP contribution in [0, 0.1) is 11.8 Å². The van der Waals surface area contributed by atoms with Crippen molar-refractivity contribution < 1.29 is 33.8 Å². The number of carbonyl (C=O) groups excluding carboxylic acids is 4. The number of hydrogen-bond acceptors (Lipinski definition) is 7. The molecule has 0 aromatic heterocycles. The van der Waals surface area contributed by atoms with Gasteiger partial charge in [-0.05, 0) is 51.2 Å². The zero-order valence-corrected chi connectivity index (χ0v) is 24.6. The van der Waals surface area contributed by atoms with Crippen molar-refractivity contribution >= 4 is 23.8 Å². The molecule has 9 nitrogen and oxygen atoms in total. The van der Waals surface area contributed by atoms with E-state index in [4.69, 9.17) is 9.47 Å². The van der Waals surface area contributed by atoms with E-state index in [-0.39, 0.29) is 50.6 Å². The van der Waals surface area contributed by atoms with Crippen LogP contribution in [0.4, 0.5) is 0 Å². The minimum atomic E-state index is -0.786. The Labute approximate surface area is 247 Å². The molecule has 0 bridgehead atoms. The van der Waals surface area contributed by atoms with E-state index in [2.05, 4.69) is 10.6 Å². The van der Waals surface area contributed by atoms with Crippen LogP contribution in [0.1, 0.15) is 63.7 Å². The van der Waals surface area contributed by atoms with Crippen molar-refractivity contribution in [2.24, 2.45) is 11.8 Å². The number of amides is 2. The van der Waals surface area contributed by atoms with E-state index in [9.17, 15) is 24.3 Å². The normalized spacial score (nSPS) is 21.5. The Morgan fingerprint density at radius 1 is 0.976 bits per heavy atom. The van der Waals surface area contributed by atoms with Crippen molar-refractivity contribution in [2.45, 2.75) is 70.6 Å². The molecule has 9 heteroatoms. The average Bonchev–Trinajstić information content (AvgIpc) is 2.95. The van der Waals surface area contributed by atoms with Gasteiger partial charge in [-0.25, -0.2) is 0 Å². The third-order valence-electron chi connectivity index (χ3n) is 6.78. The maximum Gasteiger partial charge on any atom is 0.310 e. The SMILES string of the molecule is CC(C)(C)OC(=O)C[C@@H]1C/C=C\C[C@@H](CC(=O)N[C@H](CO)Cc2ccccc2)C(=O)NC[C@H](c2ccccc2)OC1=O. The van der Waals surface area contributed by atoms with Crippen LogP contribution in [0.5, 0.6) is 0 Å². The molecule has 2 aromatic carbocycles. The van der Waals surface area contributed by atoms with Crippen LogP contribution in [0.25, 0.3) is 0 Å². The summed E-state index contributed by atoms with van der Waals surface area (Å²) in [5, 5.41) is 15.5. The molecule has 3 rings (SSSR count). The van der Waals surface area contributed by atoms with Crippen LogP contribution in [-0.2, 0) is 35.1 Å². The Bertz CT molecular complexity index is 1210. The maximum absolute atomic E-state index is 13.2. The number of cyclic esters (lactones) is 1. The maximum atomic E-state index is 13.2. The van der Waals surface area contributed by atoms with Crippen LogP contribution in [-0.4, -0.2) is 53.7 Å². The highest BCUT2D eigenvalue weighted by Gasteiger charge is 2.30. The fourth-order valence-corrected chi connectivity index (χ4v) is 4.69. The van der Waals surface area contributed by atoms with Gasteiger partial charge in [0.1, 0.15) is 11.7 Å². The Kier molecular flexibility index (Phi) is 12.3. The molecule has 0 radical (unpaired) electrons. The second-order valence-corrected chi connectivity index (χ2v) is 11.5. The summed E-state index contributed by atoms with van der Waals surface area (Å²) in [4.78, 5) is 52.0.